The Morgan fingerprint density at radius 2 is 0.773 bits per heavy atom. The first-order chi connectivity index (χ1) is 21.8. The van der Waals surface area contributed by atoms with E-state index in [-0.39, 0.29) is 5.41 Å². The molecule has 1 N–H and O–H groups in total. The summed E-state index contributed by atoms with van der Waals surface area (Å²) in [5, 5.41) is 11.7. The first-order valence-electron chi connectivity index (χ1n) is 15.4. The van der Waals surface area contributed by atoms with Crippen molar-refractivity contribution < 1.29 is 0 Å². The maximum atomic E-state index is 3.96. The smallest absolute Gasteiger partial charge is 0.0745 e. The van der Waals surface area contributed by atoms with E-state index in [0.717, 1.165) is 11.4 Å². The zero-order chi connectivity index (χ0) is 28.8. The lowest BCUT2D eigenvalue weighted by Crippen LogP contribution is -2.26. The van der Waals surface area contributed by atoms with E-state index in [2.05, 4.69) is 163 Å². The Balaban J connectivity index is 1.24. The van der Waals surface area contributed by atoms with Gasteiger partial charge in [0.25, 0.3) is 0 Å². The second kappa shape index (κ2) is 8.69. The van der Waals surface area contributed by atoms with E-state index in [1.807, 2.05) is 0 Å². The molecule has 0 atom stereocenters. The summed E-state index contributed by atoms with van der Waals surface area (Å²) in [6, 6.07) is 58.2. The van der Waals surface area contributed by atoms with Gasteiger partial charge in [-0.3, -0.25) is 0 Å². The standard InChI is InChI=1S/C43H27N/c1-2-14-30-28(12-1)29-13-3-4-15-31(29)37-26-27(24-25-32(30)37)44-41-23-11-19-36-35-18-7-10-22-40(35)43(42(36)41)38-20-8-5-16-33(38)34-17-6-9-21-39(34)43/h1-26,44H. The van der Waals surface area contributed by atoms with E-state index in [4.69, 9.17) is 0 Å². The quantitative estimate of drug-likeness (QED) is 0.208. The van der Waals surface area contributed by atoms with Crippen LogP contribution in [0, 0.1) is 0 Å². The fraction of sp³-hybridized carbons (Fsp3) is 0.0233. The van der Waals surface area contributed by atoms with E-state index in [0.29, 0.717) is 0 Å². The topological polar surface area (TPSA) is 12.0 Å². The van der Waals surface area contributed by atoms with Crippen LogP contribution < -0.4 is 5.32 Å². The van der Waals surface area contributed by atoms with Gasteiger partial charge in [-0.15, -0.1) is 0 Å². The molecular weight excluding hydrogens is 530 g/mol. The Kier molecular flexibility index (Phi) is 4.71. The molecule has 0 amide bonds. The molecule has 8 aromatic carbocycles. The van der Waals surface area contributed by atoms with Gasteiger partial charge in [-0.25, -0.2) is 0 Å². The highest BCUT2D eigenvalue weighted by Crippen LogP contribution is 2.64. The maximum absolute atomic E-state index is 3.96. The summed E-state index contributed by atoms with van der Waals surface area (Å²) in [4.78, 5) is 0. The minimum Gasteiger partial charge on any atom is -0.355 e. The zero-order valence-electron chi connectivity index (χ0n) is 24.0. The molecule has 44 heavy (non-hydrogen) atoms. The lowest BCUT2D eigenvalue weighted by Gasteiger charge is -2.32. The summed E-state index contributed by atoms with van der Waals surface area (Å²) in [6.07, 6.45) is 0. The van der Waals surface area contributed by atoms with Crippen LogP contribution in [0.4, 0.5) is 11.4 Å². The molecule has 0 aliphatic heterocycles. The van der Waals surface area contributed by atoms with Gasteiger partial charge in [0.15, 0.2) is 0 Å². The summed E-state index contributed by atoms with van der Waals surface area (Å²) in [6.45, 7) is 0. The summed E-state index contributed by atoms with van der Waals surface area (Å²) >= 11 is 0. The second-order valence-corrected chi connectivity index (χ2v) is 12.1. The van der Waals surface area contributed by atoms with Gasteiger partial charge in [0.1, 0.15) is 0 Å². The first-order valence-corrected chi connectivity index (χ1v) is 15.4. The molecular formula is C43H27N. The zero-order valence-corrected chi connectivity index (χ0v) is 24.0. The number of anilines is 2. The highest BCUT2D eigenvalue weighted by Gasteiger charge is 2.52. The highest BCUT2D eigenvalue weighted by atomic mass is 14.9. The molecule has 0 bridgehead atoms. The van der Waals surface area contributed by atoms with Gasteiger partial charge < -0.3 is 5.32 Å². The average molecular weight is 558 g/mol. The molecule has 0 unspecified atom stereocenters. The SMILES string of the molecule is c1ccc2c(c1)-c1ccccc1C21c2ccccc2-c2cccc(Nc3ccc4c5ccccc5c5ccccc5c4c3)c21. The first kappa shape index (κ1) is 23.9. The lowest BCUT2D eigenvalue weighted by atomic mass is 9.70. The van der Waals surface area contributed by atoms with Crippen molar-refractivity contribution >= 4 is 43.7 Å². The molecule has 8 aromatic rings. The van der Waals surface area contributed by atoms with Crippen LogP contribution in [0.15, 0.2) is 158 Å². The van der Waals surface area contributed by atoms with E-state index >= 15 is 0 Å². The fourth-order valence-electron chi connectivity index (χ4n) is 8.40. The Labute approximate surface area is 256 Å². The molecule has 1 spiro atoms. The molecule has 0 radical (unpaired) electrons. The van der Waals surface area contributed by atoms with E-state index < -0.39 is 0 Å². The Hall–Kier alpha value is -5.66. The van der Waals surface area contributed by atoms with E-state index in [1.54, 1.807) is 0 Å². The predicted molar refractivity (Wildman–Crippen MR) is 185 cm³/mol. The number of hydrogen-bond acceptors (Lipinski definition) is 1. The minimum atomic E-state index is -0.386. The molecule has 1 nitrogen and oxygen atoms in total. The van der Waals surface area contributed by atoms with Gasteiger partial charge in [0.05, 0.1) is 5.41 Å². The molecule has 0 heterocycles. The minimum absolute atomic E-state index is 0.386. The van der Waals surface area contributed by atoms with Crippen molar-refractivity contribution in [2.24, 2.45) is 0 Å². The van der Waals surface area contributed by atoms with Gasteiger partial charge in [0.2, 0.25) is 0 Å². The van der Waals surface area contributed by atoms with Crippen molar-refractivity contribution in [2.75, 3.05) is 5.32 Å². The Bertz CT molecular complexity index is 2390. The molecule has 204 valence electrons. The van der Waals surface area contributed by atoms with Gasteiger partial charge in [-0.05, 0) is 89.5 Å². The third-order valence-electron chi connectivity index (χ3n) is 10.0. The average Bonchev–Trinajstić information content (AvgIpc) is 3.56. The number of nitrogens with one attached hydrogen (secondary N) is 1. The van der Waals surface area contributed by atoms with Crippen LogP contribution in [0.1, 0.15) is 22.3 Å². The Morgan fingerprint density at radius 1 is 0.341 bits per heavy atom. The second-order valence-electron chi connectivity index (χ2n) is 12.1. The van der Waals surface area contributed by atoms with Crippen LogP contribution in [0.5, 0.6) is 0 Å². The lowest BCUT2D eigenvalue weighted by molar-refractivity contribution is 0.796. The molecule has 2 aliphatic rings. The summed E-state index contributed by atoms with van der Waals surface area (Å²) in [5.41, 5.74) is 12.5. The van der Waals surface area contributed by atoms with Crippen molar-refractivity contribution in [1.29, 1.82) is 0 Å². The van der Waals surface area contributed by atoms with Crippen molar-refractivity contribution in [1.82, 2.24) is 0 Å². The molecule has 0 aromatic heterocycles. The Morgan fingerprint density at radius 3 is 1.34 bits per heavy atom. The molecule has 0 saturated heterocycles. The summed E-state index contributed by atoms with van der Waals surface area (Å²) < 4.78 is 0. The molecule has 2 aliphatic carbocycles. The number of benzene rings is 8. The molecule has 0 fully saturated rings. The van der Waals surface area contributed by atoms with Crippen LogP contribution in [0.2, 0.25) is 0 Å². The normalized spacial score (nSPS) is 13.6. The van der Waals surface area contributed by atoms with Crippen molar-refractivity contribution in [3.8, 4) is 22.3 Å². The number of fused-ring (bicyclic) bond motifs is 16. The highest BCUT2D eigenvalue weighted by molar-refractivity contribution is 6.25. The largest absolute Gasteiger partial charge is 0.355 e. The number of rotatable bonds is 2. The van der Waals surface area contributed by atoms with Crippen LogP contribution in [-0.4, -0.2) is 0 Å². The predicted octanol–water partition coefficient (Wildman–Crippen LogP) is 11.2. The molecule has 0 saturated carbocycles. The van der Waals surface area contributed by atoms with Gasteiger partial charge in [-0.1, -0.05) is 140 Å². The van der Waals surface area contributed by atoms with E-state index in [1.165, 1.54) is 76.8 Å². The van der Waals surface area contributed by atoms with Crippen LogP contribution >= 0.6 is 0 Å². The fourth-order valence-corrected chi connectivity index (χ4v) is 8.40. The van der Waals surface area contributed by atoms with Crippen molar-refractivity contribution in [2.45, 2.75) is 5.41 Å². The molecule has 1 heteroatoms. The monoisotopic (exact) mass is 557 g/mol. The van der Waals surface area contributed by atoms with Crippen LogP contribution in [-0.2, 0) is 5.41 Å². The van der Waals surface area contributed by atoms with Gasteiger partial charge in [0, 0.05) is 16.9 Å². The summed E-state index contributed by atoms with van der Waals surface area (Å²) in [5.74, 6) is 0. The van der Waals surface area contributed by atoms with Crippen molar-refractivity contribution in [3.05, 3.63) is 180 Å². The van der Waals surface area contributed by atoms with Crippen LogP contribution in [0.25, 0.3) is 54.6 Å². The molecule has 10 rings (SSSR count). The maximum Gasteiger partial charge on any atom is 0.0745 e. The van der Waals surface area contributed by atoms with Crippen molar-refractivity contribution in [3.63, 3.8) is 0 Å². The third-order valence-corrected chi connectivity index (χ3v) is 10.0. The van der Waals surface area contributed by atoms with Gasteiger partial charge in [-0.2, -0.15) is 0 Å². The number of hydrogen-bond donors (Lipinski definition) is 1. The third kappa shape index (κ3) is 2.94. The summed E-state index contributed by atoms with van der Waals surface area (Å²) in [7, 11) is 0. The van der Waals surface area contributed by atoms with Crippen LogP contribution in [0.3, 0.4) is 0 Å². The van der Waals surface area contributed by atoms with Gasteiger partial charge >= 0.3 is 0 Å². The van der Waals surface area contributed by atoms with E-state index in [9.17, 15) is 0 Å².